The first-order valence-corrected chi connectivity index (χ1v) is 7.06. The number of anilines is 1. The van der Waals surface area contributed by atoms with Gasteiger partial charge in [0.05, 0.1) is 10.0 Å². The fraction of sp³-hybridized carbons (Fsp3) is 0.462. The van der Waals surface area contributed by atoms with Gasteiger partial charge in [-0.25, -0.2) is 0 Å². The lowest BCUT2D eigenvalue weighted by Crippen LogP contribution is -2.30. The van der Waals surface area contributed by atoms with Gasteiger partial charge in [0, 0.05) is 18.2 Å². The Morgan fingerprint density at radius 3 is 2.38 bits per heavy atom. The number of carbonyl (C=O) groups is 1. The molecule has 1 unspecified atom stereocenters. The SMILES string of the molecule is CCNC(C)CC(=O)Nc1cc(Cl)c(OC(F)F)c(Cl)c1. The highest BCUT2D eigenvalue weighted by atomic mass is 35.5. The van der Waals surface area contributed by atoms with Crippen molar-refractivity contribution in [1.29, 1.82) is 0 Å². The van der Waals surface area contributed by atoms with Gasteiger partial charge < -0.3 is 15.4 Å². The number of carbonyl (C=O) groups excluding carboxylic acids is 1. The number of hydrogen-bond acceptors (Lipinski definition) is 3. The zero-order valence-electron chi connectivity index (χ0n) is 11.6. The first-order valence-electron chi connectivity index (χ1n) is 6.30. The van der Waals surface area contributed by atoms with Crippen LogP contribution in [-0.2, 0) is 4.79 Å². The minimum Gasteiger partial charge on any atom is -0.432 e. The third kappa shape index (κ3) is 6.03. The summed E-state index contributed by atoms with van der Waals surface area (Å²) in [5.74, 6) is -0.550. The molecule has 0 bridgehead atoms. The highest BCUT2D eigenvalue weighted by Gasteiger charge is 2.15. The maximum atomic E-state index is 12.2. The normalized spacial score (nSPS) is 12.3. The Bertz CT molecular complexity index is 478. The molecule has 21 heavy (non-hydrogen) atoms. The predicted molar refractivity (Wildman–Crippen MR) is 79.5 cm³/mol. The number of alkyl halides is 2. The molecule has 118 valence electrons. The van der Waals surface area contributed by atoms with Crippen LogP contribution in [0.4, 0.5) is 14.5 Å². The molecule has 1 aromatic rings. The smallest absolute Gasteiger partial charge is 0.387 e. The summed E-state index contributed by atoms with van der Waals surface area (Å²) in [5.41, 5.74) is 0.320. The molecular weight excluding hydrogens is 325 g/mol. The molecule has 4 nitrogen and oxygen atoms in total. The molecule has 0 aliphatic carbocycles. The molecular formula is C13H16Cl2F2N2O2. The fourth-order valence-corrected chi connectivity index (χ4v) is 2.32. The molecule has 1 rings (SSSR count). The van der Waals surface area contributed by atoms with Crippen LogP contribution in [-0.4, -0.2) is 25.1 Å². The minimum absolute atomic E-state index is 0.0161. The van der Waals surface area contributed by atoms with Gasteiger partial charge in [-0.3, -0.25) is 4.79 Å². The topological polar surface area (TPSA) is 50.4 Å². The van der Waals surface area contributed by atoms with E-state index in [0.29, 0.717) is 5.69 Å². The van der Waals surface area contributed by atoms with E-state index in [9.17, 15) is 13.6 Å². The Labute approximate surface area is 131 Å². The number of ether oxygens (including phenoxy) is 1. The van der Waals surface area contributed by atoms with Crippen molar-refractivity contribution >= 4 is 34.8 Å². The highest BCUT2D eigenvalue weighted by molar-refractivity contribution is 6.37. The summed E-state index contributed by atoms with van der Waals surface area (Å²) in [6.45, 7) is 1.55. The number of rotatable bonds is 7. The molecule has 1 aromatic carbocycles. The van der Waals surface area contributed by atoms with Crippen molar-refractivity contribution in [3.63, 3.8) is 0 Å². The number of nitrogens with one attached hydrogen (secondary N) is 2. The van der Waals surface area contributed by atoms with Crippen molar-refractivity contribution in [3.8, 4) is 5.75 Å². The van der Waals surface area contributed by atoms with E-state index in [4.69, 9.17) is 23.2 Å². The summed E-state index contributed by atoms with van der Waals surface area (Å²) in [4.78, 5) is 11.8. The first-order chi connectivity index (χ1) is 9.83. The van der Waals surface area contributed by atoms with Crippen LogP contribution in [0.25, 0.3) is 0 Å². The Hall–Kier alpha value is -1.11. The Morgan fingerprint density at radius 1 is 1.33 bits per heavy atom. The van der Waals surface area contributed by atoms with Gasteiger partial charge in [-0.05, 0) is 25.6 Å². The Kier molecular flexibility index (Phi) is 7.14. The molecule has 0 saturated carbocycles. The second kappa shape index (κ2) is 8.36. The third-order valence-electron chi connectivity index (χ3n) is 2.53. The summed E-state index contributed by atoms with van der Waals surface area (Å²) < 4.78 is 28.6. The summed E-state index contributed by atoms with van der Waals surface area (Å²) in [6.07, 6.45) is 0.262. The molecule has 0 aliphatic heterocycles. The average Bonchev–Trinajstić information content (AvgIpc) is 2.33. The van der Waals surface area contributed by atoms with Gasteiger partial charge in [0.1, 0.15) is 0 Å². The standard InChI is InChI=1S/C13H16Cl2F2N2O2/c1-3-18-7(2)4-11(20)19-8-5-9(14)12(10(15)6-8)21-13(16)17/h5-7,13,18H,3-4H2,1-2H3,(H,19,20). The van der Waals surface area contributed by atoms with Crippen LogP contribution in [0.5, 0.6) is 5.75 Å². The predicted octanol–water partition coefficient (Wildman–Crippen LogP) is 3.92. The Balaban J connectivity index is 2.75. The van der Waals surface area contributed by atoms with Crippen LogP contribution in [0, 0.1) is 0 Å². The highest BCUT2D eigenvalue weighted by Crippen LogP contribution is 2.36. The Morgan fingerprint density at radius 2 is 1.90 bits per heavy atom. The molecule has 0 saturated heterocycles. The second-order valence-corrected chi connectivity index (χ2v) is 5.17. The van der Waals surface area contributed by atoms with Gasteiger partial charge in [-0.2, -0.15) is 8.78 Å². The number of amides is 1. The average molecular weight is 341 g/mol. The van der Waals surface area contributed by atoms with E-state index < -0.39 is 6.61 Å². The molecule has 1 atom stereocenters. The van der Waals surface area contributed by atoms with Crippen LogP contribution in [0.15, 0.2) is 12.1 Å². The van der Waals surface area contributed by atoms with Crippen molar-refractivity contribution in [2.45, 2.75) is 32.9 Å². The molecule has 0 aliphatic rings. The van der Waals surface area contributed by atoms with E-state index in [-0.39, 0.29) is 34.2 Å². The molecule has 0 heterocycles. The largest absolute Gasteiger partial charge is 0.432 e. The summed E-state index contributed by atoms with van der Waals surface area (Å²) in [5, 5.41) is 5.50. The molecule has 8 heteroatoms. The molecule has 0 radical (unpaired) electrons. The first kappa shape index (κ1) is 17.9. The van der Waals surface area contributed by atoms with Crippen LogP contribution >= 0.6 is 23.2 Å². The van der Waals surface area contributed by atoms with Gasteiger partial charge in [-0.15, -0.1) is 0 Å². The second-order valence-electron chi connectivity index (χ2n) is 4.36. The molecule has 0 spiro atoms. The number of hydrogen-bond donors (Lipinski definition) is 2. The zero-order chi connectivity index (χ0) is 16.0. The third-order valence-corrected chi connectivity index (χ3v) is 3.09. The number of halogens is 4. The summed E-state index contributed by atoms with van der Waals surface area (Å²) >= 11 is 11.6. The van der Waals surface area contributed by atoms with E-state index in [0.717, 1.165) is 6.54 Å². The quantitative estimate of drug-likeness (QED) is 0.790. The van der Waals surface area contributed by atoms with Gasteiger partial charge in [0.2, 0.25) is 5.91 Å². The lowest BCUT2D eigenvalue weighted by Gasteiger charge is -2.14. The fourth-order valence-electron chi connectivity index (χ4n) is 1.74. The summed E-state index contributed by atoms with van der Waals surface area (Å²) in [7, 11) is 0. The van der Waals surface area contributed by atoms with E-state index in [2.05, 4.69) is 15.4 Å². The maximum Gasteiger partial charge on any atom is 0.387 e. The van der Waals surface area contributed by atoms with Crippen LogP contribution in [0.1, 0.15) is 20.3 Å². The van der Waals surface area contributed by atoms with Crippen molar-refractivity contribution < 1.29 is 18.3 Å². The van der Waals surface area contributed by atoms with E-state index in [1.54, 1.807) is 0 Å². The zero-order valence-corrected chi connectivity index (χ0v) is 13.1. The molecule has 0 aromatic heterocycles. The lowest BCUT2D eigenvalue weighted by molar-refractivity contribution is -0.116. The van der Waals surface area contributed by atoms with Gasteiger partial charge in [-0.1, -0.05) is 30.1 Å². The van der Waals surface area contributed by atoms with Crippen molar-refractivity contribution in [2.75, 3.05) is 11.9 Å². The van der Waals surface area contributed by atoms with Gasteiger partial charge >= 0.3 is 6.61 Å². The monoisotopic (exact) mass is 340 g/mol. The van der Waals surface area contributed by atoms with Crippen molar-refractivity contribution in [2.24, 2.45) is 0 Å². The van der Waals surface area contributed by atoms with Crippen LogP contribution in [0.2, 0.25) is 10.0 Å². The van der Waals surface area contributed by atoms with Gasteiger partial charge in [0.15, 0.2) is 5.75 Å². The number of benzene rings is 1. The van der Waals surface area contributed by atoms with E-state index in [1.165, 1.54) is 12.1 Å². The van der Waals surface area contributed by atoms with Gasteiger partial charge in [0.25, 0.3) is 0 Å². The lowest BCUT2D eigenvalue weighted by atomic mass is 10.2. The van der Waals surface area contributed by atoms with Crippen molar-refractivity contribution in [3.05, 3.63) is 22.2 Å². The summed E-state index contributed by atoms with van der Waals surface area (Å²) in [6, 6.07) is 2.63. The minimum atomic E-state index is -3.03. The van der Waals surface area contributed by atoms with Crippen LogP contribution < -0.4 is 15.4 Å². The van der Waals surface area contributed by atoms with Crippen molar-refractivity contribution in [1.82, 2.24) is 5.32 Å². The molecule has 0 fully saturated rings. The van der Waals surface area contributed by atoms with E-state index in [1.807, 2.05) is 13.8 Å². The van der Waals surface area contributed by atoms with E-state index >= 15 is 0 Å². The maximum absolute atomic E-state index is 12.2. The van der Waals surface area contributed by atoms with Crippen LogP contribution in [0.3, 0.4) is 0 Å². The molecule has 2 N–H and O–H groups in total. The molecule has 1 amide bonds.